The average Bonchev–Trinajstić information content (AvgIpc) is 3.04. The third-order valence-electron chi connectivity index (χ3n) is 4.05. The van der Waals surface area contributed by atoms with E-state index in [-0.39, 0.29) is 18.1 Å². The number of aromatic amines is 1. The number of hydrogen-bond donors (Lipinski definition) is 2. The standard InChI is InChI=1S/C16H20N2O2/c1-11(19)9-14-3-2-8-18(14)16(20)13-5-4-12-6-7-17-15(12)10-13/h4-7,10-11,14,17,19H,2-3,8-9H2,1H3. The number of H-pyrrole nitrogens is 1. The van der Waals surface area contributed by atoms with Gasteiger partial charge in [0.1, 0.15) is 0 Å². The molecule has 4 heteroatoms. The van der Waals surface area contributed by atoms with Gasteiger partial charge in [-0.1, -0.05) is 6.07 Å². The summed E-state index contributed by atoms with van der Waals surface area (Å²) in [7, 11) is 0. The van der Waals surface area contributed by atoms with Gasteiger partial charge in [0.25, 0.3) is 5.91 Å². The molecule has 1 saturated heterocycles. The first-order valence-corrected chi connectivity index (χ1v) is 7.21. The van der Waals surface area contributed by atoms with Crippen LogP contribution in [0.3, 0.4) is 0 Å². The highest BCUT2D eigenvalue weighted by atomic mass is 16.3. The van der Waals surface area contributed by atoms with Crippen molar-refractivity contribution in [3.63, 3.8) is 0 Å². The molecular weight excluding hydrogens is 252 g/mol. The second-order valence-corrected chi connectivity index (χ2v) is 5.66. The number of aliphatic hydroxyl groups excluding tert-OH is 1. The highest BCUT2D eigenvalue weighted by Gasteiger charge is 2.30. The lowest BCUT2D eigenvalue weighted by Gasteiger charge is -2.25. The molecule has 1 aromatic heterocycles. The lowest BCUT2D eigenvalue weighted by molar-refractivity contribution is 0.0682. The van der Waals surface area contributed by atoms with Crippen molar-refractivity contribution >= 4 is 16.8 Å². The van der Waals surface area contributed by atoms with E-state index in [4.69, 9.17) is 0 Å². The van der Waals surface area contributed by atoms with E-state index in [2.05, 4.69) is 4.98 Å². The lowest BCUT2D eigenvalue weighted by Crippen LogP contribution is -2.37. The van der Waals surface area contributed by atoms with E-state index in [9.17, 15) is 9.90 Å². The molecule has 3 rings (SSSR count). The molecule has 2 heterocycles. The monoisotopic (exact) mass is 272 g/mol. The number of rotatable bonds is 3. The molecule has 0 radical (unpaired) electrons. The van der Waals surface area contributed by atoms with Gasteiger partial charge in [-0.05, 0) is 49.8 Å². The number of aromatic nitrogens is 1. The van der Waals surface area contributed by atoms with E-state index in [1.54, 1.807) is 6.92 Å². The minimum Gasteiger partial charge on any atom is -0.393 e. The minimum absolute atomic E-state index is 0.0738. The zero-order valence-electron chi connectivity index (χ0n) is 11.7. The van der Waals surface area contributed by atoms with Gasteiger partial charge in [0.2, 0.25) is 0 Å². The molecule has 4 nitrogen and oxygen atoms in total. The number of nitrogens with zero attached hydrogens (tertiary/aromatic N) is 1. The van der Waals surface area contributed by atoms with Crippen LogP contribution in [0, 0.1) is 0 Å². The minimum atomic E-state index is -0.362. The van der Waals surface area contributed by atoms with Crippen LogP contribution in [0.1, 0.15) is 36.5 Å². The summed E-state index contributed by atoms with van der Waals surface area (Å²) in [5.41, 5.74) is 1.71. The maximum absolute atomic E-state index is 12.6. The Kier molecular flexibility index (Phi) is 3.49. The van der Waals surface area contributed by atoms with Crippen LogP contribution in [0.4, 0.5) is 0 Å². The molecule has 20 heavy (non-hydrogen) atoms. The van der Waals surface area contributed by atoms with Gasteiger partial charge < -0.3 is 15.0 Å². The van der Waals surface area contributed by atoms with Gasteiger partial charge in [0, 0.05) is 29.9 Å². The van der Waals surface area contributed by atoms with E-state index in [1.165, 1.54) is 0 Å². The van der Waals surface area contributed by atoms with Crippen molar-refractivity contribution in [3.8, 4) is 0 Å². The van der Waals surface area contributed by atoms with E-state index < -0.39 is 0 Å². The van der Waals surface area contributed by atoms with Gasteiger partial charge in [-0.2, -0.15) is 0 Å². The van der Waals surface area contributed by atoms with Gasteiger partial charge in [-0.3, -0.25) is 4.79 Å². The largest absolute Gasteiger partial charge is 0.393 e. The van der Waals surface area contributed by atoms with E-state index >= 15 is 0 Å². The van der Waals surface area contributed by atoms with E-state index in [0.717, 1.165) is 35.9 Å². The molecule has 2 N–H and O–H groups in total. The van der Waals surface area contributed by atoms with Crippen LogP contribution in [0.5, 0.6) is 0 Å². The molecule has 1 fully saturated rings. The Bertz CT molecular complexity index is 618. The van der Waals surface area contributed by atoms with E-state index in [1.807, 2.05) is 35.4 Å². The first-order valence-electron chi connectivity index (χ1n) is 7.21. The Morgan fingerprint density at radius 3 is 3.15 bits per heavy atom. The van der Waals surface area contributed by atoms with Gasteiger partial charge >= 0.3 is 0 Å². The summed E-state index contributed by atoms with van der Waals surface area (Å²) in [5, 5.41) is 10.7. The van der Waals surface area contributed by atoms with Crippen LogP contribution < -0.4 is 0 Å². The number of carbonyl (C=O) groups excluding carboxylic acids is 1. The third-order valence-corrected chi connectivity index (χ3v) is 4.05. The summed E-state index contributed by atoms with van der Waals surface area (Å²) in [5.74, 6) is 0.0738. The third kappa shape index (κ3) is 2.43. The van der Waals surface area contributed by atoms with Crippen LogP contribution in [-0.4, -0.2) is 39.6 Å². The Morgan fingerprint density at radius 1 is 1.50 bits per heavy atom. The Hall–Kier alpha value is -1.81. The number of likely N-dealkylation sites (tertiary alicyclic amines) is 1. The molecule has 1 amide bonds. The summed E-state index contributed by atoms with van der Waals surface area (Å²) in [6.07, 6.45) is 4.19. The Balaban J connectivity index is 1.83. The van der Waals surface area contributed by atoms with Crippen molar-refractivity contribution in [2.45, 2.75) is 38.3 Å². The molecule has 0 saturated carbocycles. The summed E-state index contributed by atoms with van der Waals surface area (Å²) < 4.78 is 0. The van der Waals surface area contributed by atoms with Gasteiger partial charge in [0.05, 0.1) is 6.10 Å². The topological polar surface area (TPSA) is 56.3 Å². The molecule has 0 bridgehead atoms. The molecule has 0 spiro atoms. The highest BCUT2D eigenvalue weighted by Crippen LogP contribution is 2.24. The maximum atomic E-state index is 12.6. The summed E-state index contributed by atoms with van der Waals surface area (Å²) in [6.45, 7) is 2.57. The van der Waals surface area contributed by atoms with Crippen LogP contribution >= 0.6 is 0 Å². The van der Waals surface area contributed by atoms with Crippen LogP contribution in [0.2, 0.25) is 0 Å². The first-order chi connectivity index (χ1) is 9.65. The van der Waals surface area contributed by atoms with Crippen LogP contribution in [0.25, 0.3) is 10.9 Å². The quantitative estimate of drug-likeness (QED) is 0.902. The van der Waals surface area contributed by atoms with Crippen molar-refractivity contribution in [2.24, 2.45) is 0 Å². The molecular formula is C16H20N2O2. The molecule has 0 aliphatic carbocycles. The van der Waals surface area contributed by atoms with Crippen molar-refractivity contribution in [1.29, 1.82) is 0 Å². The number of benzene rings is 1. The van der Waals surface area contributed by atoms with Crippen LogP contribution in [0.15, 0.2) is 30.5 Å². The Labute approximate surface area is 118 Å². The van der Waals surface area contributed by atoms with Crippen molar-refractivity contribution < 1.29 is 9.90 Å². The smallest absolute Gasteiger partial charge is 0.254 e. The van der Waals surface area contributed by atoms with Gasteiger partial charge in [-0.15, -0.1) is 0 Å². The zero-order chi connectivity index (χ0) is 14.1. The number of carbonyl (C=O) groups is 1. The van der Waals surface area contributed by atoms with Crippen molar-refractivity contribution in [3.05, 3.63) is 36.0 Å². The molecule has 106 valence electrons. The van der Waals surface area contributed by atoms with Crippen LogP contribution in [-0.2, 0) is 0 Å². The molecule has 2 aromatic rings. The molecule has 2 atom stereocenters. The fraction of sp³-hybridized carbons (Fsp3) is 0.438. The SMILES string of the molecule is CC(O)CC1CCCN1C(=O)c1ccc2cc[nH]c2c1. The zero-order valence-corrected chi connectivity index (χ0v) is 11.7. The summed E-state index contributed by atoms with van der Waals surface area (Å²) in [4.78, 5) is 17.7. The molecule has 2 unspecified atom stereocenters. The average molecular weight is 272 g/mol. The molecule has 1 aliphatic rings. The molecule has 1 aliphatic heterocycles. The fourth-order valence-electron chi connectivity index (χ4n) is 3.09. The fourth-order valence-corrected chi connectivity index (χ4v) is 3.09. The second kappa shape index (κ2) is 5.29. The second-order valence-electron chi connectivity index (χ2n) is 5.66. The molecule has 1 aromatic carbocycles. The number of hydrogen-bond acceptors (Lipinski definition) is 2. The van der Waals surface area contributed by atoms with E-state index in [0.29, 0.717) is 6.42 Å². The predicted molar refractivity (Wildman–Crippen MR) is 78.7 cm³/mol. The normalized spacial score (nSPS) is 20.5. The maximum Gasteiger partial charge on any atom is 0.254 e. The summed E-state index contributed by atoms with van der Waals surface area (Å²) >= 11 is 0. The van der Waals surface area contributed by atoms with Crippen molar-refractivity contribution in [1.82, 2.24) is 9.88 Å². The lowest BCUT2D eigenvalue weighted by atomic mass is 10.1. The predicted octanol–water partition coefficient (Wildman–Crippen LogP) is 2.54. The first kappa shape index (κ1) is 13.2. The van der Waals surface area contributed by atoms with Gasteiger partial charge in [0.15, 0.2) is 0 Å². The number of aliphatic hydroxyl groups is 1. The van der Waals surface area contributed by atoms with Gasteiger partial charge in [-0.25, -0.2) is 0 Å². The number of nitrogens with one attached hydrogen (secondary N) is 1. The number of amides is 1. The Morgan fingerprint density at radius 2 is 2.35 bits per heavy atom. The van der Waals surface area contributed by atoms with Crippen molar-refractivity contribution in [2.75, 3.05) is 6.54 Å². The highest BCUT2D eigenvalue weighted by molar-refractivity contribution is 5.98. The summed E-state index contributed by atoms with van der Waals surface area (Å²) in [6, 6.07) is 7.93. The number of fused-ring (bicyclic) bond motifs is 1.